The zero-order chi connectivity index (χ0) is 30.2. The molecule has 0 aromatic carbocycles. The Balaban J connectivity index is 1.30. The van der Waals surface area contributed by atoms with Gasteiger partial charge in [-0.05, 0) is 56.7 Å². The van der Waals surface area contributed by atoms with Crippen molar-refractivity contribution in [2.24, 2.45) is 5.73 Å². The summed E-state index contributed by atoms with van der Waals surface area (Å²) in [5.74, 6) is 0.240. The van der Waals surface area contributed by atoms with Crippen LogP contribution in [0.25, 0.3) is 17.0 Å². The molecular weight excluding hydrogens is 585 g/mol. The number of halogens is 3. The van der Waals surface area contributed by atoms with E-state index in [0.717, 1.165) is 29.8 Å². The summed E-state index contributed by atoms with van der Waals surface area (Å²) in [6, 6.07) is 3.30. The number of aromatic nitrogens is 6. The minimum atomic E-state index is -3.55. The van der Waals surface area contributed by atoms with Crippen LogP contribution < -0.4 is 21.7 Å². The maximum absolute atomic E-state index is 13.3. The van der Waals surface area contributed by atoms with Crippen molar-refractivity contribution < 1.29 is 21.6 Å². The van der Waals surface area contributed by atoms with Crippen LogP contribution in [-0.2, 0) is 15.7 Å². The van der Waals surface area contributed by atoms with E-state index in [9.17, 15) is 21.6 Å². The van der Waals surface area contributed by atoms with Crippen LogP contribution in [0.1, 0.15) is 56.5 Å². The number of dihydropyridines is 1. The molecule has 43 heavy (non-hydrogen) atoms. The smallest absolute Gasteiger partial charge is 0.333 e. The van der Waals surface area contributed by atoms with E-state index in [4.69, 9.17) is 5.73 Å². The lowest BCUT2D eigenvalue weighted by Crippen LogP contribution is -2.51. The summed E-state index contributed by atoms with van der Waals surface area (Å²) >= 11 is 0. The molecule has 0 bridgehead atoms. The van der Waals surface area contributed by atoms with Gasteiger partial charge in [0.15, 0.2) is 11.5 Å². The molecule has 0 spiro atoms. The van der Waals surface area contributed by atoms with Gasteiger partial charge in [0.05, 0.1) is 34.6 Å². The van der Waals surface area contributed by atoms with Crippen LogP contribution in [-0.4, -0.2) is 67.9 Å². The van der Waals surface area contributed by atoms with Gasteiger partial charge in [0, 0.05) is 48.5 Å². The molecule has 3 aliphatic rings. The molecule has 3 aromatic heterocycles. The quantitative estimate of drug-likeness (QED) is 0.252. The Labute approximate surface area is 246 Å². The van der Waals surface area contributed by atoms with Crippen LogP contribution in [0, 0.1) is 0 Å². The summed E-state index contributed by atoms with van der Waals surface area (Å²) < 4.78 is 66.2. The van der Waals surface area contributed by atoms with Gasteiger partial charge in [0.2, 0.25) is 0 Å². The molecule has 1 aliphatic heterocycles. The van der Waals surface area contributed by atoms with Gasteiger partial charge < -0.3 is 21.7 Å². The molecule has 12 nitrogen and oxygen atoms in total. The molecule has 16 heteroatoms. The number of nitrogens with one attached hydrogen (secondary N) is 3. The van der Waals surface area contributed by atoms with Gasteiger partial charge >= 0.3 is 6.55 Å². The fourth-order valence-electron chi connectivity index (χ4n) is 5.48. The molecule has 3 unspecified atom stereocenters. The van der Waals surface area contributed by atoms with Crippen molar-refractivity contribution >= 4 is 15.6 Å². The fourth-order valence-corrected chi connectivity index (χ4v) is 6.95. The van der Waals surface area contributed by atoms with Gasteiger partial charge in [-0.3, -0.25) is 0 Å². The lowest BCUT2D eigenvalue weighted by Gasteiger charge is -2.36. The average molecular weight is 619 g/mol. The van der Waals surface area contributed by atoms with Crippen LogP contribution in [0.2, 0.25) is 0 Å². The SMILES string of the molecule is NC1(c2ccnc(-c3cnn(S(=O)(=O)C4CC4)c3)n2)C=C(NC2CCCC(NCCF)C2)C(c2ccn(C(F)F)n2)=CN1. The highest BCUT2D eigenvalue weighted by Crippen LogP contribution is 2.33. The first-order valence-corrected chi connectivity index (χ1v) is 15.7. The van der Waals surface area contributed by atoms with Gasteiger partial charge in [-0.2, -0.15) is 23.1 Å². The van der Waals surface area contributed by atoms with Crippen LogP contribution in [0.3, 0.4) is 0 Å². The predicted molar refractivity (Wildman–Crippen MR) is 152 cm³/mol. The first kappa shape index (κ1) is 29.3. The minimum Gasteiger partial charge on any atom is -0.382 e. The van der Waals surface area contributed by atoms with Crippen LogP contribution in [0.4, 0.5) is 13.2 Å². The lowest BCUT2D eigenvalue weighted by molar-refractivity contribution is 0.0565. The Morgan fingerprint density at radius 2 is 2.00 bits per heavy atom. The molecule has 2 saturated carbocycles. The fraction of sp³-hybridized carbons (Fsp3) is 0.481. The van der Waals surface area contributed by atoms with E-state index >= 15 is 0 Å². The molecular formula is C27H33F3N10O2S. The summed E-state index contributed by atoms with van der Waals surface area (Å²) in [6.07, 6.45) is 13.6. The molecule has 0 amide bonds. The highest BCUT2D eigenvalue weighted by atomic mass is 32.2. The van der Waals surface area contributed by atoms with E-state index in [1.54, 1.807) is 18.3 Å². The highest BCUT2D eigenvalue weighted by Gasteiger charge is 2.38. The molecule has 0 saturated heterocycles. The van der Waals surface area contributed by atoms with Gasteiger partial charge in [0.25, 0.3) is 10.0 Å². The van der Waals surface area contributed by atoms with Gasteiger partial charge in [-0.15, -0.1) is 0 Å². The number of hydrogen-bond donors (Lipinski definition) is 4. The molecule has 4 heterocycles. The highest BCUT2D eigenvalue weighted by molar-refractivity contribution is 7.90. The third-order valence-electron chi connectivity index (χ3n) is 7.87. The zero-order valence-corrected chi connectivity index (χ0v) is 24.0. The maximum Gasteiger partial charge on any atom is 0.333 e. The maximum atomic E-state index is 13.3. The Kier molecular flexibility index (Phi) is 8.00. The Morgan fingerprint density at radius 1 is 1.19 bits per heavy atom. The standard InChI is InChI=1S/C27H33F3N10O2S/c28-8-10-32-18-2-1-3-19(12-18)36-23-13-27(31,34-15-21(23)22-7-11-39(38-22)26(29)30)24-6-9-33-25(37-24)17-14-35-40(16-17)43(41,42)20-4-5-20/h6-7,9,11,13-16,18-20,26,32,34,36H,1-5,8,10,12,31H2. The number of rotatable bonds is 11. The number of nitrogens with zero attached hydrogens (tertiary/aromatic N) is 6. The average Bonchev–Trinajstić information content (AvgIpc) is 3.54. The molecule has 3 aromatic rings. The second kappa shape index (κ2) is 11.7. The van der Waals surface area contributed by atoms with E-state index in [-0.39, 0.29) is 24.5 Å². The van der Waals surface area contributed by atoms with Crippen molar-refractivity contribution in [3.63, 3.8) is 0 Å². The summed E-state index contributed by atoms with van der Waals surface area (Å²) in [5.41, 5.74) is 7.76. The Morgan fingerprint density at radius 3 is 2.74 bits per heavy atom. The van der Waals surface area contributed by atoms with E-state index < -0.39 is 34.2 Å². The molecule has 3 atom stereocenters. The summed E-state index contributed by atoms with van der Waals surface area (Å²) in [4.78, 5) is 8.94. The van der Waals surface area contributed by atoms with Crippen molar-refractivity contribution in [2.75, 3.05) is 13.2 Å². The zero-order valence-electron chi connectivity index (χ0n) is 23.2. The molecule has 2 aliphatic carbocycles. The van der Waals surface area contributed by atoms with E-state index in [2.05, 4.69) is 36.1 Å². The van der Waals surface area contributed by atoms with Crippen LogP contribution >= 0.6 is 0 Å². The summed E-state index contributed by atoms with van der Waals surface area (Å²) in [7, 11) is -3.55. The van der Waals surface area contributed by atoms with Gasteiger partial charge in [-0.25, -0.2) is 27.5 Å². The Bertz CT molecular complexity index is 1630. The normalized spacial score (nSPS) is 24.4. The third kappa shape index (κ3) is 6.17. The van der Waals surface area contributed by atoms with Crippen molar-refractivity contribution in [1.82, 2.24) is 44.9 Å². The first-order chi connectivity index (χ1) is 20.7. The molecule has 2 fully saturated rings. The Hall–Kier alpha value is -3.76. The predicted octanol–water partition coefficient (Wildman–Crippen LogP) is 2.37. The lowest BCUT2D eigenvalue weighted by atomic mass is 9.89. The van der Waals surface area contributed by atoms with Crippen molar-refractivity contribution in [3.05, 3.63) is 66.3 Å². The molecule has 6 rings (SSSR count). The van der Waals surface area contributed by atoms with Gasteiger partial charge in [-0.1, -0.05) is 0 Å². The second-order valence-corrected chi connectivity index (χ2v) is 13.1. The topological polar surface area (TPSA) is 158 Å². The van der Waals surface area contributed by atoms with Gasteiger partial charge in [0.1, 0.15) is 6.67 Å². The summed E-state index contributed by atoms with van der Waals surface area (Å²) in [6.45, 7) is -2.95. The van der Waals surface area contributed by atoms with E-state index in [1.807, 2.05) is 0 Å². The number of nitrogens with two attached hydrogens (primary N) is 1. The number of alkyl halides is 3. The molecule has 5 N–H and O–H groups in total. The third-order valence-corrected chi connectivity index (χ3v) is 9.90. The van der Waals surface area contributed by atoms with Crippen molar-refractivity contribution in [3.8, 4) is 11.4 Å². The second-order valence-electron chi connectivity index (χ2n) is 11.0. The monoisotopic (exact) mass is 618 g/mol. The van der Waals surface area contributed by atoms with E-state index in [0.29, 0.717) is 45.7 Å². The number of hydrogen-bond acceptors (Lipinski definition) is 10. The van der Waals surface area contributed by atoms with Crippen LogP contribution in [0.5, 0.6) is 0 Å². The van der Waals surface area contributed by atoms with E-state index in [1.165, 1.54) is 30.9 Å². The van der Waals surface area contributed by atoms with Crippen molar-refractivity contribution in [2.45, 2.75) is 68.1 Å². The van der Waals surface area contributed by atoms with Crippen molar-refractivity contribution in [1.29, 1.82) is 0 Å². The first-order valence-electron chi connectivity index (χ1n) is 14.2. The minimum absolute atomic E-state index is 0.0141. The molecule has 230 valence electrons. The van der Waals surface area contributed by atoms with Crippen LogP contribution in [0.15, 0.2) is 54.9 Å². The summed E-state index contributed by atoms with van der Waals surface area (Å²) in [5, 5.41) is 17.6. The largest absolute Gasteiger partial charge is 0.382 e. The number of allylic oxidation sites excluding steroid dienone is 1. The molecule has 0 radical (unpaired) electrons.